The number of carboxylic acids is 1. The Hall–Kier alpha value is -1.94. The molecular weight excluding hydrogens is 260 g/mol. The maximum atomic E-state index is 11.0. The lowest BCUT2D eigenvalue weighted by molar-refractivity contribution is 0.0692. The molecule has 2 rings (SSSR count). The number of thioether (sulfide) groups is 1. The van der Waals surface area contributed by atoms with Gasteiger partial charge in [-0.3, -0.25) is 0 Å². The van der Waals surface area contributed by atoms with Gasteiger partial charge in [0.05, 0.1) is 0 Å². The van der Waals surface area contributed by atoms with Crippen LogP contribution in [0.2, 0.25) is 0 Å². The number of carboxylic acid groups (broad SMARTS) is 1. The number of rotatable bonds is 5. The van der Waals surface area contributed by atoms with Gasteiger partial charge in [-0.05, 0) is 36.1 Å². The van der Waals surface area contributed by atoms with Crippen LogP contribution in [0.25, 0.3) is 0 Å². The molecule has 0 bridgehead atoms. The van der Waals surface area contributed by atoms with Crippen molar-refractivity contribution in [3.63, 3.8) is 0 Å². The second-order valence-electron chi connectivity index (χ2n) is 3.94. The predicted octanol–water partition coefficient (Wildman–Crippen LogP) is 3.69. The summed E-state index contributed by atoms with van der Waals surface area (Å²) in [5.41, 5.74) is 1.20. The van der Waals surface area contributed by atoms with Crippen LogP contribution in [0.1, 0.15) is 15.9 Å². The number of aromatic carboxylic acids is 1. The molecular formula is C15H14O3S. The van der Waals surface area contributed by atoms with Gasteiger partial charge in [0, 0.05) is 4.90 Å². The Balaban J connectivity index is 2.07. The van der Waals surface area contributed by atoms with Crippen molar-refractivity contribution in [3.8, 4) is 5.75 Å². The van der Waals surface area contributed by atoms with Gasteiger partial charge in [-0.15, -0.1) is 11.8 Å². The highest BCUT2D eigenvalue weighted by atomic mass is 32.2. The first-order valence-corrected chi connectivity index (χ1v) is 7.01. The van der Waals surface area contributed by atoms with E-state index in [9.17, 15) is 4.79 Å². The molecule has 0 radical (unpaired) electrons. The van der Waals surface area contributed by atoms with E-state index in [-0.39, 0.29) is 5.56 Å². The summed E-state index contributed by atoms with van der Waals surface area (Å²) in [4.78, 5) is 12.2. The normalized spacial score (nSPS) is 10.2. The highest BCUT2D eigenvalue weighted by Gasteiger charge is 2.09. The Morgan fingerprint density at radius 2 is 1.84 bits per heavy atom. The fourth-order valence-corrected chi connectivity index (χ4v) is 2.06. The van der Waals surface area contributed by atoms with Crippen LogP contribution in [0, 0.1) is 0 Å². The molecule has 0 spiro atoms. The monoisotopic (exact) mass is 274 g/mol. The summed E-state index contributed by atoms with van der Waals surface area (Å²) < 4.78 is 5.57. The minimum Gasteiger partial charge on any atom is -0.488 e. The van der Waals surface area contributed by atoms with Crippen LogP contribution in [-0.2, 0) is 6.61 Å². The number of benzene rings is 2. The maximum absolute atomic E-state index is 11.0. The van der Waals surface area contributed by atoms with Gasteiger partial charge in [0.25, 0.3) is 0 Å². The van der Waals surface area contributed by atoms with Gasteiger partial charge in [0.1, 0.15) is 17.9 Å². The molecule has 0 aliphatic rings. The van der Waals surface area contributed by atoms with E-state index in [0.29, 0.717) is 12.4 Å². The Labute approximate surface area is 116 Å². The quantitative estimate of drug-likeness (QED) is 0.845. The third kappa shape index (κ3) is 3.51. The third-order valence-electron chi connectivity index (χ3n) is 2.67. The zero-order valence-corrected chi connectivity index (χ0v) is 11.3. The molecule has 0 saturated carbocycles. The lowest BCUT2D eigenvalue weighted by Gasteiger charge is -2.09. The van der Waals surface area contributed by atoms with Crippen LogP contribution < -0.4 is 4.74 Å². The molecule has 0 aliphatic carbocycles. The number of para-hydroxylation sites is 1. The molecule has 2 aromatic rings. The number of hydrogen-bond acceptors (Lipinski definition) is 3. The van der Waals surface area contributed by atoms with Crippen molar-refractivity contribution in [1.82, 2.24) is 0 Å². The van der Waals surface area contributed by atoms with Gasteiger partial charge in [0.2, 0.25) is 0 Å². The molecule has 19 heavy (non-hydrogen) atoms. The lowest BCUT2D eigenvalue weighted by Crippen LogP contribution is -2.03. The van der Waals surface area contributed by atoms with Gasteiger partial charge in [-0.1, -0.05) is 24.3 Å². The molecule has 0 fully saturated rings. The van der Waals surface area contributed by atoms with Crippen LogP contribution in [0.4, 0.5) is 0 Å². The molecule has 0 amide bonds. The number of hydrogen-bond donors (Lipinski definition) is 1. The fourth-order valence-electron chi connectivity index (χ4n) is 1.65. The molecule has 4 heteroatoms. The molecule has 0 heterocycles. The van der Waals surface area contributed by atoms with Crippen molar-refractivity contribution in [2.45, 2.75) is 11.5 Å². The Kier molecular flexibility index (Phi) is 4.47. The second kappa shape index (κ2) is 6.29. The SMILES string of the molecule is CSc1ccc(COc2ccccc2C(=O)O)cc1. The van der Waals surface area contributed by atoms with Crippen LogP contribution in [0.5, 0.6) is 5.75 Å². The van der Waals surface area contributed by atoms with Crippen LogP contribution in [0.3, 0.4) is 0 Å². The van der Waals surface area contributed by atoms with E-state index < -0.39 is 5.97 Å². The van der Waals surface area contributed by atoms with Crippen LogP contribution >= 0.6 is 11.8 Å². The number of ether oxygens (including phenoxy) is 1. The fraction of sp³-hybridized carbons (Fsp3) is 0.133. The van der Waals surface area contributed by atoms with Crippen molar-refractivity contribution in [2.75, 3.05) is 6.26 Å². The van der Waals surface area contributed by atoms with E-state index in [4.69, 9.17) is 9.84 Å². The number of carbonyl (C=O) groups is 1. The molecule has 98 valence electrons. The largest absolute Gasteiger partial charge is 0.488 e. The topological polar surface area (TPSA) is 46.5 Å². The molecule has 0 saturated heterocycles. The molecule has 0 aliphatic heterocycles. The van der Waals surface area contributed by atoms with Gasteiger partial charge < -0.3 is 9.84 Å². The van der Waals surface area contributed by atoms with E-state index in [1.165, 1.54) is 11.0 Å². The highest BCUT2D eigenvalue weighted by molar-refractivity contribution is 7.98. The summed E-state index contributed by atoms with van der Waals surface area (Å²) in [6.45, 7) is 0.360. The Morgan fingerprint density at radius 3 is 2.47 bits per heavy atom. The van der Waals surface area contributed by atoms with Crippen LogP contribution in [-0.4, -0.2) is 17.3 Å². The first-order chi connectivity index (χ1) is 9.20. The van der Waals surface area contributed by atoms with Crippen molar-refractivity contribution in [3.05, 3.63) is 59.7 Å². The molecule has 0 aromatic heterocycles. The van der Waals surface area contributed by atoms with E-state index in [2.05, 4.69) is 0 Å². The predicted molar refractivity (Wildman–Crippen MR) is 76.0 cm³/mol. The average Bonchev–Trinajstić information content (AvgIpc) is 2.46. The van der Waals surface area contributed by atoms with Crippen molar-refractivity contribution in [1.29, 1.82) is 0 Å². The summed E-state index contributed by atoms with van der Waals surface area (Å²) in [5.74, 6) is -0.586. The Morgan fingerprint density at radius 1 is 1.16 bits per heavy atom. The van der Waals surface area contributed by atoms with Crippen LogP contribution in [0.15, 0.2) is 53.4 Å². The average molecular weight is 274 g/mol. The summed E-state index contributed by atoms with van der Waals surface area (Å²) in [7, 11) is 0. The van der Waals surface area contributed by atoms with Gasteiger partial charge >= 0.3 is 5.97 Å². The van der Waals surface area contributed by atoms with Gasteiger partial charge in [-0.25, -0.2) is 4.79 Å². The minimum absolute atomic E-state index is 0.184. The van der Waals surface area contributed by atoms with Crippen molar-refractivity contribution < 1.29 is 14.6 Å². The van der Waals surface area contributed by atoms with Gasteiger partial charge in [-0.2, -0.15) is 0 Å². The van der Waals surface area contributed by atoms with E-state index in [1.807, 2.05) is 30.5 Å². The zero-order valence-electron chi connectivity index (χ0n) is 10.5. The smallest absolute Gasteiger partial charge is 0.339 e. The molecule has 0 unspecified atom stereocenters. The Bertz CT molecular complexity index is 564. The first-order valence-electron chi connectivity index (χ1n) is 5.79. The molecule has 1 N–H and O–H groups in total. The van der Waals surface area contributed by atoms with Gasteiger partial charge in [0.15, 0.2) is 0 Å². The second-order valence-corrected chi connectivity index (χ2v) is 4.82. The summed E-state index contributed by atoms with van der Waals surface area (Å²) >= 11 is 1.68. The molecule has 2 aromatic carbocycles. The lowest BCUT2D eigenvalue weighted by atomic mass is 10.2. The standard InChI is InChI=1S/C15H14O3S/c1-19-12-8-6-11(7-9-12)10-18-14-5-3-2-4-13(14)15(16)17/h2-9H,10H2,1H3,(H,16,17). The van der Waals surface area contributed by atoms with Crippen molar-refractivity contribution >= 4 is 17.7 Å². The maximum Gasteiger partial charge on any atom is 0.339 e. The third-order valence-corrected chi connectivity index (χ3v) is 3.41. The van der Waals surface area contributed by atoms with Crippen molar-refractivity contribution in [2.24, 2.45) is 0 Å². The first kappa shape index (κ1) is 13.5. The minimum atomic E-state index is -0.978. The summed E-state index contributed by atoms with van der Waals surface area (Å²) in [6, 6.07) is 14.7. The molecule has 3 nitrogen and oxygen atoms in total. The van der Waals surface area contributed by atoms with E-state index in [1.54, 1.807) is 30.0 Å². The summed E-state index contributed by atoms with van der Waals surface area (Å²) in [5, 5.41) is 9.05. The highest BCUT2D eigenvalue weighted by Crippen LogP contribution is 2.20. The van der Waals surface area contributed by atoms with E-state index >= 15 is 0 Å². The summed E-state index contributed by atoms with van der Waals surface area (Å²) in [6.07, 6.45) is 2.02. The van der Waals surface area contributed by atoms with E-state index in [0.717, 1.165) is 5.56 Å². The molecule has 0 atom stereocenters. The zero-order chi connectivity index (χ0) is 13.7.